The Bertz CT molecular complexity index is 647. The molecule has 0 aliphatic heterocycles. The lowest BCUT2D eigenvalue weighted by atomic mass is 9.65. The van der Waals surface area contributed by atoms with Crippen LogP contribution >= 0.6 is 0 Å². The van der Waals surface area contributed by atoms with Crippen LogP contribution in [0.25, 0.3) is 0 Å². The van der Waals surface area contributed by atoms with Crippen molar-refractivity contribution in [1.29, 1.82) is 0 Å². The Morgan fingerprint density at radius 2 is 1.35 bits per heavy atom. The molecule has 0 saturated heterocycles. The van der Waals surface area contributed by atoms with Gasteiger partial charge in [0.25, 0.3) is 0 Å². The van der Waals surface area contributed by atoms with E-state index in [0.717, 1.165) is 24.3 Å². The molecule has 2 atom stereocenters. The van der Waals surface area contributed by atoms with Crippen LogP contribution in [0.1, 0.15) is 34.1 Å². The highest BCUT2D eigenvalue weighted by molar-refractivity contribution is 5.53. The van der Waals surface area contributed by atoms with Crippen molar-refractivity contribution in [3.8, 4) is 0 Å². The topological polar surface area (TPSA) is 26.0 Å². The zero-order chi connectivity index (χ0) is 13.3. The molecule has 1 fully saturated rings. The predicted molar refractivity (Wildman–Crippen MR) is 80.8 cm³/mol. The molecule has 2 unspecified atom stereocenters. The average Bonchev–Trinajstić information content (AvgIpc) is 3.25. The fraction of sp³-hybridized carbons (Fsp3) is 0.368. The summed E-state index contributed by atoms with van der Waals surface area (Å²) in [5, 5.41) is 0. The normalized spacial score (nSPS) is 35.8. The highest BCUT2D eigenvalue weighted by atomic mass is 14.7. The summed E-state index contributed by atoms with van der Waals surface area (Å²) in [5.74, 6) is 2.25. The zero-order valence-corrected chi connectivity index (χ0v) is 11.5. The third kappa shape index (κ3) is 1.18. The molecule has 2 N–H and O–H groups in total. The molecule has 100 valence electrons. The minimum absolute atomic E-state index is 0.317. The van der Waals surface area contributed by atoms with Gasteiger partial charge in [-0.1, -0.05) is 48.5 Å². The van der Waals surface area contributed by atoms with Crippen molar-refractivity contribution < 1.29 is 0 Å². The molecule has 0 amide bonds. The molecule has 1 saturated carbocycles. The van der Waals surface area contributed by atoms with E-state index in [9.17, 15) is 0 Å². The fourth-order valence-electron chi connectivity index (χ4n) is 5.22. The summed E-state index contributed by atoms with van der Waals surface area (Å²) in [6.07, 6.45) is 2.34. The van der Waals surface area contributed by atoms with Crippen LogP contribution in [-0.2, 0) is 12.8 Å². The van der Waals surface area contributed by atoms with Gasteiger partial charge in [0.05, 0.1) is 0 Å². The number of fused-ring (bicyclic) bond motifs is 5. The van der Waals surface area contributed by atoms with Gasteiger partial charge in [-0.05, 0) is 64.8 Å². The van der Waals surface area contributed by atoms with Crippen LogP contribution in [0.4, 0.5) is 0 Å². The van der Waals surface area contributed by atoms with Gasteiger partial charge in [-0.25, -0.2) is 0 Å². The zero-order valence-electron chi connectivity index (χ0n) is 11.5. The minimum atomic E-state index is 0.317. The molecule has 1 heteroatoms. The van der Waals surface area contributed by atoms with Crippen LogP contribution in [-0.4, -0.2) is 6.54 Å². The number of hydrogen-bond donors (Lipinski definition) is 1. The van der Waals surface area contributed by atoms with E-state index in [-0.39, 0.29) is 0 Å². The standard InChI is InChI=1S/C19H19N/c20-11-19-9-12-5-1-3-7-14(12)16-17(18(16)19)15-8-4-2-6-13(15)10-19/h1-8,16-18H,9-11,20H2. The lowest BCUT2D eigenvalue weighted by molar-refractivity contribution is 0.217. The first-order valence-electron chi connectivity index (χ1n) is 7.70. The van der Waals surface area contributed by atoms with Crippen LogP contribution in [0.15, 0.2) is 48.5 Å². The van der Waals surface area contributed by atoms with E-state index in [4.69, 9.17) is 5.73 Å². The van der Waals surface area contributed by atoms with E-state index >= 15 is 0 Å². The Hall–Kier alpha value is -1.60. The molecule has 1 nitrogen and oxygen atoms in total. The van der Waals surface area contributed by atoms with Crippen molar-refractivity contribution in [3.63, 3.8) is 0 Å². The maximum atomic E-state index is 6.28. The van der Waals surface area contributed by atoms with Gasteiger partial charge >= 0.3 is 0 Å². The molecule has 0 aromatic heterocycles. The average molecular weight is 261 g/mol. The largest absolute Gasteiger partial charge is 0.330 e. The van der Waals surface area contributed by atoms with Crippen LogP contribution in [0.5, 0.6) is 0 Å². The Balaban J connectivity index is 1.74. The lowest BCUT2D eigenvalue weighted by Crippen LogP contribution is -2.41. The van der Waals surface area contributed by atoms with Gasteiger partial charge in [0.2, 0.25) is 0 Å². The van der Waals surface area contributed by atoms with Gasteiger partial charge in [0, 0.05) is 0 Å². The van der Waals surface area contributed by atoms with E-state index in [1.165, 1.54) is 12.8 Å². The predicted octanol–water partition coefficient (Wildman–Crippen LogP) is 3.24. The molecule has 0 heterocycles. The maximum Gasteiger partial charge on any atom is -0.00110 e. The molecule has 0 spiro atoms. The van der Waals surface area contributed by atoms with Gasteiger partial charge in [-0.2, -0.15) is 0 Å². The Labute approximate surface area is 119 Å². The highest BCUT2D eigenvalue weighted by Crippen LogP contribution is 2.74. The number of hydrogen-bond acceptors (Lipinski definition) is 1. The van der Waals surface area contributed by atoms with Crippen LogP contribution in [0.3, 0.4) is 0 Å². The quantitative estimate of drug-likeness (QED) is 0.838. The Kier molecular flexibility index (Phi) is 1.96. The second-order valence-corrected chi connectivity index (χ2v) is 6.90. The third-order valence-electron chi connectivity index (χ3n) is 6.05. The van der Waals surface area contributed by atoms with Gasteiger partial charge in [-0.3, -0.25) is 0 Å². The van der Waals surface area contributed by atoms with Crippen molar-refractivity contribution in [2.45, 2.75) is 24.7 Å². The second kappa shape index (κ2) is 3.53. The summed E-state index contributed by atoms with van der Waals surface area (Å²) >= 11 is 0. The van der Waals surface area contributed by atoms with Gasteiger partial charge in [0.1, 0.15) is 0 Å². The molecule has 5 rings (SSSR count). The molecule has 20 heavy (non-hydrogen) atoms. The van der Waals surface area contributed by atoms with E-state index in [2.05, 4.69) is 48.5 Å². The summed E-state index contributed by atoms with van der Waals surface area (Å²) in [5.41, 5.74) is 12.9. The first-order chi connectivity index (χ1) is 9.84. The Morgan fingerprint density at radius 1 is 0.850 bits per heavy atom. The van der Waals surface area contributed by atoms with E-state index in [1.807, 2.05) is 0 Å². The first-order valence-corrected chi connectivity index (χ1v) is 7.70. The highest BCUT2D eigenvalue weighted by Gasteiger charge is 2.66. The van der Waals surface area contributed by atoms with Gasteiger partial charge < -0.3 is 5.73 Å². The molecular weight excluding hydrogens is 242 g/mol. The van der Waals surface area contributed by atoms with Crippen LogP contribution in [0.2, 0.25) is 0 Å². The fourth-order valence-corrected chi connectivity index (χ4v) is 5.22. The summed E-state index contributed by atoms with van der Waals surface area (Å²) in [6, 6.07) is 18.1. The number of benzene rings is 2. The van der Waals surface area contributed by atoms with Crippen molar-refractivity contribution in [2.24, 2.45) is 17.1 Å². The van der Waals surface area contributed by atoms with Crippen LogP contribution < -0.4 is 5.73 Å². The SMILES string of the molecule is NCC12Cc3ccccc3C3C(c4ccccc4C1)C32. The van der Waals surface area contributed by atoms with Gasteiger partial charge in [-0.15, -0.1) is 0 Å². The number of nitrogens with two attached hydrogens (primary N) is 1. The molecule has 0 radical (unpaired) electrons. The molecule has 2 aromatic carbocycles. The van der Waals surface area contributed by atoms with Crippen molar-refractivity contribution >= 4 is 0 Å². The molecule has 2 aromatic rings. The van der Waals surface area contributed by atoms with Crippen molar-refractivity contribution in [3.05, 3.63) is 70.8 Å². The van der Waals surface area contributed by atoms with Crippen LogP contribution in [0, 0.1) is 11.3 Å². The summed E-state index contributed by atoms with van der Waals surface area (Å²) in [6.45, 7) is 0.827. The first kappa shape index (κ1) is 11.1. The summed E-state index contributed by atoms with van der Waals surface area (Å²) in [4.78, 5) is 0. The van der Waals surface area contributed by atoms with E-state index in [0.29, 0.717) is 5.41 Å². The molecule has 3 aliphatic carbocycles. The lowest BCUT2D eigenvalue weighted by Gasteiger charge is -2.40. The molecule has 0 bridgehead atoms. The summed E-state index contributed by atoms with van der Waals surface area (Å²) in [7, 11) is 0. The van der Waals surface area contributed by atoms with E-state index in [1.54, 1.807) is 22.3 Å². The van der Waals surface area contributed by atoms with Crippen molar-refractivity contribution in [2.75, 3.05) is 6.54 Å². The van der Waals surface area contributed by atoms with E-state index < -0.39 is 0 Å². The van der Waals surface area contributed by atoms with Gasteiger partial charge in [0.15, 0.2) is 0 Å². The molecular formula is C19H19N. The third-order valence-corrected chi connectivity index (χ3v) is 6.05. The smallest absolute Gasteiger partial charge is 0.00110 e. The minimum Gasteiger partial charge on any atom is -0.330 e. The monoisotopic (exact) mass is 261 g/mol. The Morgan fingerprint density at radius 3 is 1.85 bits per heavy atom. The maximum absolute atomic E-state index is 6.28. The second-order valence-electron chi connectivity index (χ2n) is 6.90. The molecule has 3 aliphatic rings. The number of rotatable bonds is 1. The summed E-state index contributed by atoms with van der Waals surface area (Å²) < 4.78 is 0. The van der Waals surface area contributed by atoms with Crippen molar-refractivity contribution in [1.82, 2.24) is 0 Å².